The van der Waals surface area contributed by atoms with Crippen molar-refractivity contribution in [3.63, 3.8) is 0 Å². The van der Waals surface area contributed by atoms with Crippen molar-refractivity contribution in [1.29, 1.82) is 0 Å². The van der Waals surface area contributed by atoms with E-state index in [4.69, 9.17) is 0 Å². The maximum Gasteiger partial charge on any atom is 0.335 e. The Hall–Kier alpha value is -1.58. The molecule has 19 heavy (non-hydrogen) atoms. The lowest BCUT2D eigenvalue weighted by Crippen LogP contribution is -2.33. The van der Waals surface area contributed by atoms with E-state index in [-0.39, 0.29) is 11.5 Å². The monoisotopic (exact) mass is 262 g/mol. The minimum absolute atomic E-state index is 0.0294. The molecule has 1 aromatic rings. The average molecular weight is 262 g/mol. The standard InChI is InChI=1S/C15H22N2O2/c1-9(2)12-7-10(14(18)19)8-13(16-12)17-15(3,4)11-5-6-11/h7-9,11H,5-6H2,1-4H3,(H,16,17)(H,18,19). The molecular formula is C15H22N2O2. The van der Waals surface area contributed by atoms with Gasteiger partial charge in [-0.1, -0.05) is 13.8 Å². The van der Waals surface area contributed by atoms with Gasteiger partial charge < -0.3 is 10.4 Å². The van der Waals surface area contributed by atoms with E-state index in [1.54, 1.807) is 12.1 Å². The second-order valence-electron chi connectivity index (χ2n) is 6.25. The SMILES string of the molecule is CC(C)c1cc(C(=O)O)cc(NC(C)(C)C2CC2)n1. The minimum Gasteiger partial charge on any atom is -0.478 e. The lowest BCUT2D eigenvalue weighted by molar-refractivity contribution is 0.0696. The third kappa shape index (κ3) is 3.25. The number of carboxylic acids is 1. The Balaban J connectivity index is 2.30. The van der Waals surface area contributed by atoms with Gasteiger partial charge in [0.05, 0.1) is 5.56 Å². The van der Waals surface area contributed by atoms with Crippen LogP contribution in [0.15, 0.2) is 12.1 Å². The molecule has 0 unspecified atom stereocenters. The van der Waals surface area contributed by atoms with Gasteiger partial charge in [-0.2, -0.15) is 0 Å². The van der Waals surface area contributed by atoms with Gasteiger partial charge in [0.15, 0.2) is 0 Å². The molecular weight excluding hydrogens is 240 g/mol. The number of anilines is 1. The smallest absolute Gasteiger partial charge is 0.335 e. The minimum atomic E-state index is -0.906. The second-order valence-corrected chi connectivity index (χ2v) is 6.25. The largest absolute Gasteiger partial charge is 0.478 e. The van der Waals surface area contributed by atoms with Crippen molar-refractivity contribution < 1.29 is 9.90 Å². The fourth-order valence-electron chi connectivity index (χ4n) is 2.27. The van der Waals surface area contributed by atoms with Crippen molar-refractivity contribution in [3.8, 4) is 0 Å². The van der Waals surface area contributed by atoms with Crippen LogP contribution in [0.25, 0.3) is 0 Å². The zero-order valence-electron chi connectivity index (χ0n) is 12.0. The quantitative estimate of drug-likeness (QED) is 0.852. The summed E-state index contributed by atoms with van der Waals surface area (Å²) in [4.78, 5) is 15.7. The number of nitrogens with one attached hydrogen (secondary N) is 1. The third-order valence-corrected chi connectivity index (χ3v) is 3.73. The van der Waals surface area contributed by atoms with Crippen LogP contribution in [-0.2, 0) is 0 Å². The molecule has 2 rings (SSSR count). The molecule has 2 N–H and O–H groups in total. The first kappa shape index (κ1) is 13.8. The average Bonchev–Trinajstić information content (AvgIpc) is 3.11. The predicted molar refractivity (Wildman–Crippen MR) is 75.7 cm³/mol. The van der Waals surface area contributed by atoms with Crippen LogP contribution in [0.2, 0.25) is 0 Å². The highest BCUT2D eigenvalue weighted by atomic mass is 16.4. The molecule has 1 aliphatic rings. The summed E-state index contributed by atoms with van der Waals surface area (Å²) in [7, 11) is 0. The molecule has 0 radical (unpaired) electrons. The Morgan fingerprint density at radius 1 is 1.42 bits per heavy atom. The van der Waals surface area contributed by atoms with Crippen LogP contribution in [0.5, 0.6) is 0 Å². The summed E-state index contributed by atoms with van der Waals surface area (Å²) in [5.74, 6) is 0.631. The van der Waals surface area contributed by atoms with E-state index < -0.39 is 5.97 Å². The Bertz CT molecular complexity index is 491. The molecule has 0 spiro atoms. The molecule has 1 fully saturated rings. The zero-order chi connectivity index (χ0) is 14.2. The van der Waals surface area contributed by atoms with Gasteiger partial charge in [0, 0.05) is 11.2 Å². The fourth-order valence-corrected chi connectivity index (χ4v) is 2.27. The van der Waals surface area contributed by atoms with Gasteiger partial charge in [-0.3, -0.25) is 0 Å². The van der Waals surface area contributed by atoms with Gasteiger partial charge in [0.25, 0.3) is 0 Å². The molecule has 1 aromatic heterocycles. The van der Waals surface area contributed by atoms with E-state index in [1.165, 1.54) is 12.8 Å². The molecule has 0 atom stereocenters. The molecule has 1 heterocycles. The van der Waals surface area contributed by atoms with Gasteiger partial charge in [0.1, 0.15) is 5.82 Å². The van der Waals surface area contributed by atoms with Crippen LogP contribution in [0, 0.1) is 5.92 Å². The van der Waals surface area contributed by atoms with Crippen molar-refractivity contribution >= 4 is 11.8 Å². The van der Waals surface area contributed by atoms with E-state index in [0.29, 0.717) is 17.3 Å². The van der Waals surface area contributed by atoms with Crippen molar-refractivity contribution in [2.75, 3.05) is 5.32 Å². The zero-order valence-corrected chi connectivity index (χ0v) is 12.0. The van der Waals surface area contributed by atoms with Crippen LogP contribution < -0.4 is 5.32 Å². The maximum absolute atomic E-state index is 11.2. The van der Waals surface area contributed by atoms with Crippen molar-refractivity contribution in [2.45, 2.75) is 52.0 Å². The number of rotatable bonds is 5. The number of carbonyl (C=O) groups is 1. The first-order valence-electron chi connectivity index (χ1n) is 6.83. The van der Waals surface area contributed by atoms with E-state index in [0.717, 1.165) is 5.69 Å². The molecule has 0 aromatic carbocycles. The highest BCUT2D eigenvalue weighted by molar-refractivity contribution is 5.88. The molecule has 0 amide bonds. The highest BCUT2D eigenvalue weighted by Gasteiger charge is 2.38. The van der Waals surface area contributed by atoms with Gasteiger partial charge in [0.2, 0.25) is 0 Å². The Morgan fingerprint density at radius 3 is 2.53 bits per heavy atom. The van der Waals surface area contributed by atoms with E-state index >= 15 is 0 Å². The number of nitrogens with zero attached hydrogens (tertiary/aromatic N) is 1. The lowest BCUT2D eigenvalue weighted by Gasteiger charge is -2.27. The summed E-state index contributed by atoms with van der Waals surface area (Å²) in [5, 5.41) is 12.6. The number of aromatic carboxylic acids is 1. The van der Waals surface area contributed by atoms with Gasteiger partial charge in [-0.05, 0) is 50.7 Å². The normalized spacial score (nSPS) is 15.6. The molecule has 0 bridgehead atoms. The number of pyridine rings is 1. The molecule has 4 heteroatoms. The molecule has 4 nitrogen and oxygen atoms in total. The molecule has 0 aliphatic heterocycles. The Labute approximate surface area is 114 Å². The molecule has 1 aliphatic carbocycles. The van der Waals surface area contributed by atoms with E-state index in [1.807, 2.05) is 13.8 Å². The molecule has 0 saturated heterocycles. The first-order valence-corrected chi connectivity index (χ1v) is 6.83. The van der Waals surface area contributed by atoms with E-state index in [9.17, 15) is 9.90 Å². The van der Waals surface area contributed by atoms with E-state index in [2.05, 4.69) is 24.1 Å². The number of carboxylic acid groups (broad SMARTS) is 1. The summed E-state index contributed by atoms with van der Waals surface area (Å²) in [6.07, 6.45) is 2.46. The highest BCUT2D eigenvalue weighted by Crippen LogP contribution is 2.41. The summed E-state index contributed by atoms with van der Waals surface area (Å²) >= 11 is 0. The summed E-state index contributed by atoms with van der Waals surface area (Å²) < 4.78 is 0. The van der Waals surface area contributed by atoms with Crippen molar-refractivity contribution in [1.82, 2.24) is 4.98 Å². The summed E-state index contributed by atoms with van der Waals surface area (Å²) in [5.41, 5.74) is 1.08. The first-order chi connectivity index (χ1) is 8.79. The summed E-state index contributed by atoms with van der Waals surface area (Å²) in [6, 6.07) is 3.28. The lowest BCUT2D eigenvalue weighted by atomic mass is 9.98. The van der Waals surface area contributed by atoms with Crippen LogP contribution in [-0.4, -0.2) is 21.6 Å². The number of aromatic nitrogens is 1. The third-order valence-electron chi connectivity index (χ3n) is 3.73. The fraction of sp³-hybridized carbons (Fsp3) is 0.600. The van der Waals surface area contributed by atoms with Crippen LogP contribution >= 0.6 is 0 Å². The van der Waals surface area contributed by atoms with Gasteiger partial charge >= 0.3 is 5.97 Å². The van der Waals surface area contributed by atoms with Gasteiger partial charge in [-0.25, -0.2) is 9.78 Å². The van der Waals surface area contributed by atoms with Crippen LogP contribution in [0.3, 0.4) is 0 Å². The van der Waals surface area contributed by atoms with Crippen molar-refractivity contribution in [2.24, 2.45) is 5.92 Å². The number of hydrogen-bond donors (Lipinski definition) is 2. The summed E-state index contributed by atoms with van der Waals surface area (Å²) in [6.45, 7) is 8.33. The topological polar surface area (TPSA) is 62.2 Å². The second kappa shape index (κ2) is 4.83. The van der Waals surface area contributed by atoms with Crippen LogP contribution in [0.1, 0.15) is 62.5 Å². The van der Waals surface area contributed by atoms with Crippen molar-refractivity contribution in [3.05, 3.63) is 23.4 Å². The Morgan fingerprint density at radius 2 is 2.05 bits per heavy atom. The maximum atomic E-state index is 11.2. The Kier molecular flexibility index (Phi) is 3.52. The predicted octanol–water partition coefficient (Wildman–Crippen LogP) is 3.50. The molecule has 1 saturated carbocycles. The molecule has 104 valence electrons. The number of hydrogen-bond acceptors (Lipinski definition) is 3. The van der Waals surface area contributed by atoms with Gasteiger partial charge in [-0.15, -0.1) is 0 Å². The van der Waals surface area contributed by atoms with Crippen LogP contribution in [0.4, 0.5) is 5.82 Å².